The van der Waals surface area contributed by atoms with Gasteiger partial charge >= 0.3 is 6.18 Å². The fourth-order valence-electron chi connectivity index (χ4n) is 4.91. The Bertz CT molecular complexity index is 1390. The van der Waals surface area contributed by atoms with Gasteiger partial charge in [0.1, 0.15) is 17.4 Å². The second-order valence-corrected chi connectivity index (χ2v) is 10.7. The van der Waals surface area contributed by atoms with Gasteiger partial charge in [0.2, 0.25) is 0 Å². The molecule has 0 aliphatic carbocycles. The number of ether oxygens (including phenoxy) is 1. The van der Waals surface area contributed by atoms with Crippen LogP contribution in [-0.2, 0) is 19.3 Å². The molecule has 4 aromatic rings. The van der Waals surface area contributed by atoms with E-state index in [2.05, 4.69) is 0 Å². The number of hydrogen-bond acceptors (Lipinski definition) is 4. The van der Waals surface area contributed by atoms with Crippen molar-refractivity contribution in [2.75, 3.05) is 26.0 Å². The Hall–Kier alpha value is -3.40. The largest absolute Gasteiger partial charge is 0.493 e. The molecule has 9 heteroatoms. The number of aliphatic hydroxyl groups is 1. The van der Waals surface area contributed by atoms with Gasteiger partial charge in [-0.25, -0.2) is 8.78 Å². The molecule has 222 valence electrons. The van der Waals surface area contributed by atoms with E-state index in [0.717, 1.165) is 17.2 Å². The molecule has 0 amide bonds. The average molecular weight is 602 g/mol. The van der Waals surface area contributed by atoms with Crippen LogP contribution >= 0.6 is 11.8 Å². The molecular weight excluding hydrogens is 569 g/mol. The molecule has 0 heterocycles. The van der Waals surface area contributed by atoms with Crippen LogP contribution in [-0.4, -0.2) is 36.0 Å². The number of rotatable bonds is 13. The number of hydrogen-bond donors (Lipinski definition) is 1. The number of aliphatic hydroxyl groups excluding tert-OH is 1. The van der Waals surface area contributed by atoms with Gasteiger partial charge in [-0.15, -0.1) is 11.8 Å². The molecule has 1 N–H and O–H groups in total. The van der Waals surface area contributed by atoms with Gasteiger partial charge in [0, 0.05) is 47.6 Å². The predicted molar refractivity (Wildman–Crippen MR) is 156 cm³/mol. The van der Waals surface area contributed by atoms with E-state index in [1.54, 1.807) is 12.3 Å². The van der Waals surface area contributed by atoms with Crippen molar-refractivity contribution in [1.29, 1.82) is 0 Å². The summed E-state index contributed by atoms with van der Waals surface area (Å²) in [7, 11) is 0. The molecule has 0 spiro atoms. The molecule has 0 bridgehead atoms. The van der Waals surface area contributed by atoms with E-state index in [1.165, 1.54) is 30.0 Å². The Morgan fingerprint density at radius 2 is 1.52 bits per heavy atom. The molecule has 0 radical (unpaired) electrons. The van der Waals surface area contributed by atoms with Gasteiger partial charge in [-0.05, 0) is 35.9 Å². The molecule has 0 aliphatic heterocycles. The van der Waals surface area contributed by atoms with Crippen LogP contribution in [0, 0.1) is 11.6 Å². The fraction of sp³-hybridized carbons (Fsp3) is 0.273. The van der Waals surface area contributed by atoms with E-state index in [0.29, 0.717) is 30.2 Å². The molecule has 0 aliphatic rings. The lowest BCUT2D eigenvalue weighted by atomic mass is 9.90. The van der Waals surface area contributed by atoms with E-state index in [1.807, 2.05) is 65.6 Å². The first-order chi connectivity index (χ1) is 20.2. The van der Waals surface area contributed by atoms with E-state index < -0.39 is 30.0 Å². The number of nitrogens with zero attached hydrogens (tertiary/aromatic N) is 1. The van der Waals surface area contributed by atoms with Crippen molar-refractivity contribution < 1.29 is 31.8 Å². The molecule has 0 aromatic heterocycles. The Balaban J connectivity index is 1.57. The zero-order chi connectivity index (χ0) is 30.1. The molecular formula is C33H32F5NO2S. The van der Waals surface area contributed by atoms with E-state index in [4.69, 9.17) is 4.74 Å². The van der Waals surface area contributed by atoms with Crippen LogP contribution in [0.3, 0.4) is 0 Å². The summed E-state index contributed by atoms with van der Waals surface area (Å²) in [6.45, 7) is 0.545. The SMILES string of the molecule is CSc1cc(OCCCN(Cc2cccc(C(F)(F)F)c2F)CC(c2ccccc2)c2ccccc2)cc(F)c1CO. The van der Waals surface area contributed by atoms with Crippen LogP contribution in [0.5, 0.6) is 5.75 Å². The lowest BCUT2D eigenvalue weighted by Gasteiger charge is -2.29. The Kier molecular flexibility index (Phi) is 11.0. The van der Waals surface area contributed by atoms with E-state index in [-0.39, 0.29) is 30.2 Å². The number of benzene rings is 4. The summed E-state index contributed by atoms with van der Waals surface area (Å²) in [5.74, 6) is -1.64. The molecule has 0 unspecified atom stereocenters. The van der Waals surface area contributed by atoms with E-state index in [9.17, 15) is 22.7 Å². The summed E-state index contributed by atoms with van der Waals surface area (Å²) >= 11 is 1.30. The normalized spacial score (nSPS) is 11.8. The van der Waals surface area contributed by atoms with Crippen molar-refractivity contribution in [2.24, 2.45) is 0 Å². The van der Waals surface area contributed by atoms with E-state index >= 15 is 4.39 Å². The van der Waals surface area contributed by atoms with Crippen LogP contribution in [0.2, 0.25) is 0 Å². The van der Waals surface area contributed by atoms with Crippen molar-refractivity contribution in [3.63, 3.8) is 0 Å². The molecule has 0 fully saturated rings. The van der Waals surface area contributed by atoms with Crippen LogP contribution in [0.4, 0.5) is 22.0 Å². The maximum absolute atomic E-state index is 15.1. The highest BCUT2D eigenvalue weighted by Crippen LogP contribution is 2.34. The monoisotopic (exact) mass is 601 g/mol. The quantitative estimate of drug-likeness (QED) is 0.0950. The first-order valence-electron chi connectivity index (χ1n) is 13.5. The standard InChI is InChI=1S/C33H32F5NO2S/c1-42-31-19-26(18-30(34)28(31)22-40)41-17-9-16-39(20-25-14-8-15-29(32(25)35)33(36,37)38)21-27(23-10-4-2-5-11-23)24-12-6-3-7-13-24/h2-8,10-15,18-19,27,40H,9,16-17,20-22H2,1H3. The highest BCUT2D eigenvalue weighted by atomic mass is 32.2. The van der Waals surface area contributed by atoms with Crippen LogP contribution in [0.25, 0.3) is 0 Å². The van der Waals surface area contributed by atoms with Gasteiger partial charge in [-0.3, -0.25) is 4.90 Å². The van der Waals surface area contributed by atoms with Gasteiger partial charge in [0.25, 0.3) is 0 Å². The summed E-state index contributed by atoms with van der Waals surface area (Å²) in [5.41, 5.74) is 0.926. The highest BCUT2D eigenvalue weighted by molar-refractivity contribution is 7.98. The Morgan fingerprint density at radius 1 is 0.881 bits per heavy atom. The molecule has 0 atom stereocenters. The maximum atomic E-state index is 15.1. The highest BCUT2D eigenvalue weighted by Gasteiger charge is 2.35. The average Bonchev–Trinajstić information content (AvgIpc) is 2.98. The second kappa shape index (κ2) is 14.7. The smallest absolute Gasteiger partial charge is 0.419 e. The van der Waals surface area contributed by atoms with Crippen LogP contribution < -0.4 is 4.74 Å². The molecule has 42 heavy (non-hydrogen) atoms. The first kappa shape index (κ1) is 31.5. The first-order valence-corrected chi connectivity index (χ1v) is 14.7. The summed E-state index contributed by atoms with van der Waals surface area (Å²) in [4.78, 5) is 2.50. The van der Waals surface area contributed by atoms with Gasteiger partial charge in [-0.1, -0.05) is 72.8 Å². The number of alkyl halides is 3. The zero-order valence-electron chi connectivity index (χ0n) is 23.1. The van der Waals surface area contributed by atoms with Crippen molar-refractivity contribution in [2.45, 2.75) is 36.6 Å². The second-order valence-electron chi connectivity index (χ2n) is 9.83. The maximum Gasteiger partial charge on any atom is 0.419 e. The van der Waals surface area contributed by atoms with Gasteiger partial charge in [-0.2, -0.15) is 13.2 Å². The summed E-state index contributed by atoms with van der Waals surface area (Å²) < 4.78 is 75.6. The van der Waals surface area contributed by atoms with Crippen LogP contribution in [0.15, 0.2) is 95.9 Å². The fourth-order valence-corrected chi connectivity index (χ4v) is 5.56. The summed E-state index contributed by atoms with van der Waals surface area (Å²) in [5, 5.41) is 9.45. The van der Waals surface area contributed by atoms with Crippen molar-refractivity contribution in [3.8, 4) is 5.75 Å². The third-order valence-electron chi connectivity index (χ3n) is 7.02. The summed E-state index contributed by atoms with van der Waals surface area (Å²) in [6.07, 6.45) is -2.57. The number of halogens is 5. The van der Waals surface area contributed by atoms with Gasteiger partial charge < -0.3 is 9.84 Å². The minimum atomic E-state index is -4.80. The predicted octanol–water partition coefficient (Wildman–Crippen LogP) is 8.30. The topological polar surface area (TPSA) is 32.7 Å². The van der Waals surface area contributed by atoms with Gasteiger partial charge in [0.05, 0.1) is 18.8 Å². The van der Waals surface area contributed by atoms with Crippen molar-refractivity contribution in [1.82, 2.24) is 4.90 Å². The molecule has 3 nitrogen and oxygen atoms in total. The third-order valence-corrected chi connectivity index (χ3v) is 7.82. The molecule has 4 rings (SSSR count). The lowest BCUT2D eigenvalue weighted by molar-refractivity contribution is -0.140. The third kappa shape index (κ3) is 8.12. The number of thioether (sulfide) groups is 1. The zero-order valence-corrected chi connectivity index (χ0v) is 23.9. The minimum absolute atomic E-state index is 0.0393. The lowest BCUT2D eigenvalue weighted by Crippen LogP contribution is -2.31. The molecule has 4 aromatic carbocycles. The molecule has 0 saturated heterocycles. The Labute approximate surface area is 247 Å². The van der Waals surface area contributed by atoms with Gasteiger partial charge in [0.15, 0.2) is 0 Å². The van der Waals surface area contributed by atoms with Crippen molar-refractivity contribution >= 4 is 11.8 Å². The minimum Gasteiger partial charge on any atom is -0.493 e. The van der Waals surface area contributed by atoms with Crippen molar-refractivity contribution in [3.05, 3.63) is 130 Å². The molecule has 0 saturated carbocycles. The van der Waals surface area contributed by atoms with Crippen LogP contribution in [0.1, 0.15) is 40.2 Å². The Morgan fingerprint density at radius 3 is 2.10 bits per heavy atom. The summed E-state index contributed by atoms with van der Waals surface area (Å²) in [6, 6.07) is 25.8.